The summed E-state index contributed by atoms with van der Waals surface area (Å²) in [6.07, 6.45) is 6.83. The third-order valence-corrected chi connectivity index (χ3v) is 3.33. The lowest BCUT2D eigenvalue weighted by atomic mass is 10.3. The second-order valence-corrected chi connectivity index (χ2v) is 5.09. The highest BCUT2D eigenvalue weighted by atomic mass is 15.2. The Kier molecular flexibility index (Phi) is 4.79. The van der Waals surface area contributed by atoms with Gasteiger partial charge in [-0.05, 0) is 34.0 Å². The van der Waals surface area contributed by atoms with Gasteiger partial charge in [-0.15, -0.1) is 0 Å². The molecule has 0 amide bonds. The molecule has 0 atom stereocenters. The summed E-state index contributed by atoms with van der Waals surface area (Å²) >= 11 is 0. The van der Waals surface area contributed by atoms with Crippen molar-refractivity contribution in [3.8, 4) is 0 Å². The number of imidazole rings is 1. The summed E-state index contributed by atoms with van der Waals surface area (Å²) in [4.78, 5) is 13.6. The summed E-state index contributed by atoms with van der Waals surface area (Å²) in [6, 6.07) is 0. The van der Waals surface area contributed by atoms with Gasteiger partial charge in [-0.3, -0.25) is 0 Å². The van der Waals surface area contributed by atoms with E-state index in [-0.39, 0.29) is 0 Å². The van der Waals surface area contributed by atoms with Gasteiger partial charge in [-0.1, -0.05) is 0 Å². The van der Waals surface area contributed by atoms with Gasteiger partial charge in [0, 0.05) is 32.5 Å². The Bertz CT molecular complexity index is 548. The van der Waals surface area contributed by atoms with Crippen molar-refractivity contribution in [3.05, 3.63) is 18.6 Å². The minimum Gasteiger partial charge on any atom is -0.372 e. The Hall–Kier alpha value is -1.82. The third kappa shape index (κ3) is 3.19. The van der Waals surface area contributed by atoms with Gasteiger partial charge in [-0.2, -0.15) is 0 Å². The Morgan fingerprint density at radius 1 is 1.30 bits per heavy atom. The number of hydrogen-bond acceptors (Lipinski definition) is 5. The fraction of sp³-hybridized carbons (Fsp3) is 0.571. The third-order valence-electron chi connectivity index (χ3n) is 3.33. The van der Waals surface area contributed by atoms with Crippen molar-refractivity contribution in [2.45, 2.75) is 13.3 Å². The van der Waals surface area contributed by atoms with E-state index in [1.165, 1.54) is 0 Å². The molecule has 2 aromatic rings. The minimum absolute atomic E-state index is 0.858. The van der Waals surface area contributed by atoms with Crippen molar-refractivity contribution in [1.82, 2.24) is 19.3 Å². The molecule has 1 N–H and O–H groups in total. The second kappa shape index (κ2) is 6.56. The Balaban J connectivity index is 2.25. The molecule has 0 bridgehead atoms. The predicted molar refractivity (Wildman–Crippen MR) is 83.6 cm³/mol. The zero-order valence-electron chi connectivity index (χ0n) is 12.8. The molecule has 0 saturated heterocycles. The monoisotopic (exact) mass is 276 g/mol. The second-order valence-electron chi connectivity index (χ2n) is 5.09. The first-order chi connectivity index (χ1) is 9.65. The lowest BCUT2D eigenvalue weighted by molar-refractivity contribution is 0.400. The molecule has 0 aliphatic heterocycles. The molecule has 6 nitrogen and oxygen atoms in total. The summed E-state index contributed by atoms with van der Waals surface area (Å²) < 4.78 is 2.02. The van der Waals surface area contributed by atoms with E-state index < -0.39 is 0 Å². The highest BCUT2D eigenvalue weighted by Gasteiger charge is 2.13. The van der Waals surface area contributed by atoms with Crippen LogP contribution in [0, 0.1) is 0 Å². The topological polar surface area (TPSA) is 48.7 Å². The van der Waals surface area contributed by atoms with E-state index in [1.807, 2.05) is 30.0 Å². The van der Waals surface area contributed by atoms with Crippen molar-refractivity contribution >= 4 is 17.3 Å². The smallest absolute Gasteiger partial charge is 0.180 e. The molecule has 0 unspecified atom stereocenters. The van der Waals surface area contributed by atoms with E-state index in [9.17, 15) is 0 Å². The minimum atomic E-state index is 0.858. The zero-order chi connectivity index (χ0) is 14.5. The number of nitrogens with zero attached hydrogens (tertiary/aromatic N) is 5. The van der Waals surface area contributed by atoms with Gasteiger partial charge in [0.05, 0.1) is 6.20 Å². The maximum absolute atomic E-state index is 4.68. The van der Waals surface area contributed by atoms with E-state index in [4.69, 9.17) is 0 Å². The molecule has 20 heavy (non-hydrogen) atoms. The first-order valence-electron chi connectivity index (χ1n) is 7.06. The first-order valence-corrected chi connectivity index (χ1v) is 7.06. The van der Waals surface area contributed by atoms with Crippen LogP contribution in [0.25, 0.3) is 5.65 Å². The quantitative estimate of drug-likeness (QED) is 0.831. The maximum Gasteiger partial charge on any atom is 0.180 e. The van der Waals surface area contributed by atoms with Crippen LogP contribution in [0.2, 0.25) is 0 Å². The van der Waals surface area contributed by atoms with Gasteiger partial charge in [-0.25, -0.2) is 9.97 Å². The molecule has 0 saturated carbocycles. The van der Waals surface area contributed by atoms with Gasteiger partial charge in [0.15, 0.2) is 11.5 Å². The molecule has 0 aliphatic carbocycles. The lowest BCUT2D eigenvalue weighted by Gasteiger charge is -2.23. The number of nitrogens with one attached hydrogen (secondary N) is 1. The van der Waals surface area contributed by atoms with Crippen LogP contribution in [0.15, 0.2) is 18.6 Å². The maximum atomic E-state index is 4.68. The van der Waals surface area contributed by atoms with Gasteiger partial charge in [0.25, 0.3) is 0 Å². The van der Waals surface area contributed by atoms with Gasteiger partial charge in [0.1, 0.15) is 5.82 Å². The zero-order valence-corrected chi connectivity index (χ0v) is 12.8. The van der Waals surface area contributed by atoms with Crippen molar-refractivity contribution in [1.29, 1.82) is 0 Å². The molecule has 6 heteroatoms. The summed E-state index contributed by atoms with van der Waals surface area (Å²) in [5, 5.41) is 3.11. The van der Waals surface area contributed by atoms with Crippen molar-refractivity contribution in [2.75, 3.05) is 51.0 Å². The van der Waals surface area contributed by atoms with E-state index in [0.717, 1.165) is 43.3 Å². The van der Waals surface area contributed by atoms with Gasteiger partial charge >= 0.3 is 0 Å². The number of anilines is 2. The molecule has 110 valence electrons. The van der Waals surface area contributed by atoms with Crippen molar-refractivity contribution in [3.63, 3.8) is 0 Å². The Morgan fingerprint density at radius 2 is 2.10 bits per heavy atom. The van der Waals surface area contributed by atoms with Crippen LogP contribution in [0.4, 0.5) is 11.6 Å². The average molecular weight is 276 g/mol. The van der Waals surface area contributed by atoms with Crippen LogP contribution in [0.3, 0.4) is 0 Å². The number of rotatable bonds is 7. The molecular formula is C14H24N6. The molecule has 2 heterocycles. The van der Waals surface area contributed by atoms with Crippen LogP contribution in [0.1, 0.15) is 13.3 Å². The van der Waals surface area contributed by atoms with Crippen LogP contribution >= 0.6 is 0 Å². The number of hydrogen-bond donors (Lipinski definition) is 1. The van der Waals surface area contributed by atoms with Gasteiger partial charge < -0.3 is 19.5 Å². The highest BCUT2D eigenvalue weighted by Crippen LogP contribution is 2.20. The van der Waals surface area contributed by atoms with E-state index in [2.05, 4.69) is 46.1 Å². The largest absolute Gasteiger partial charge is 0.372 e. The fourth-order valence-corrected chi connectivity index (χ4v) is 2.24. The van der Waals surface area contributed by atoms with E-state index >= 15 is 0 Å². The standard InChI is InChI=1S/C14H24N6/c1-5-19(9-6-8-18(3)4)14-13-16-7-10-20(13)11-12(15-2)17-14/h7,10-11,15H,5-6,8-9H2,1-4H3. The number of aromatic nitrogens is 3. The molecule has 0 radical (unpaired) electrons. The molecule has 0 aromatic carbocycles. The van der Waals surface area contributed by atoms with E-state index in [1.54, 1.807) is 0 Å². The van der Waals surface area contributed by atoms with Crippen molar-refractivity contribution < 1.29 is 0 Å². The Labute approximate surface area is 120 Å². The summed E-state index contributed by atoms with van der Waals surface area (Å²) in [7, 11) is 6.09. The van der Waals surface area contributed by atoms with Crippen LogP contribution in [0.5, 0.6) is 0 Å². The predicted octanol–water partition coefficient (Wildman–Crippen LogP) is 1.55. The lowest BCUT2D eigenvalue weighted by Crippen LogP contribution is -2.28. The SMILES string of the molecule is CCN(CCCN(C)C)c1nc(NC)cn2ccnc12. The Morgan fingerprint density at radius 3 is 2.75 bits per heavy atom. The molecular weight excluding hydrogens is 252 g/mol. The highest BCUT2D eigenvalue weighted by molar-refractivity contribution is 5.66. The van der Waals surface area contributed by atoms with Crippen LogP contribution in [-0.2, 0) is 0 Å². The normalized spacial score (nSPS) is 11.2. The molecule has 2 aromatic heterocycles. The van der Waals surface area contributed by atoms with E-state index in [0.29, 0.717) is 0 Å². The molecule has 0 spiro atoms. The average Bonchev–Trinajstić information content (AvgIpc) is 2.90. The molecule has 2 rings (SSSR count). The van der Waals surface area contributed by atoms with Crippen LogP contribution in [-0.4, -0.2) is 60.0 Å². The van der Waals surface area contributed by atoms with Gasteiger partial charge in [0.2, 0.25) is 0 Å². The fourth-order valence-electron chi connectivity index (χ4n) is 2.24. The molecule has 0 fully saturated rings. The summed E-state index contributed by atoms with van der Waals surface area (Å²) in [5.74, 6) is 1.81. The van der Waals surface area contributed by atoms with Crippen molar-refractivity contribution in [2.24, 2.45) is 0 Å². The number of fused-ring (bicyclic) bond motifs is 1. The summed E-state index contributed by atoms with van der Waals surface area (Å²) in [6.45, 7) is 5.14. The molecule has 0 aliphatic rings. The first kappa shape index (κ1) is 14.6. The summed E-state index contributed by atoms with van der Waals surface area (Å²) in [5.41, 5.74) is 0.913. The van der Waals surface area contributed by atoms with Crippen LogP contribution < -0.4 is 10.2 Å².